The summed E-state index contributed by atoms with van der Waals surface area (Å²) in [7, 11) is 2.08. The molecule has 1 N–H and O–H groups in total. The minimum atomic E-state index is -0.625. The van der Waals surface area contributed by atoms with Crippen molar-refractivity contribution in [2.75, 3.05) is 25.0 Å². The van der Waals surface area contributed by atoms with Crippen LogP contribution >= 0.6 is 12.2 Å². The highest BCUT2D eigenvalue weighted by atomic mass is 32.1. The largest absolute Gasteiger partial charge is 0.487 e. The quantitative estimate of drug-likeness (QED) is 0.836. The van der Waals surface area contributed by atoms with Crippen molar-refractivity contribution in [3.05, 3.63) is 24.0 Å². The third kappa shape index (κ3) is 2.79. The zero-order chi connectivity index (χ0) is 17.6. The first-order valence-corrected chi connectivity index (χ1v) is 9.21. The fraction of sp³-hybridized carbons (Fsp3) is 0.556. The summed E-state index contributed by atoms with van der Waals surface area (Å²) in [6, 6.07) is 4.87. The average Bonchev–Trinajstić information content (AvgIpc) is 2.82. The van der Waals surface area contributed by atoms with Crippen LogP contribution in [-0.4, -0.2) is 47.7 Å². The maximum atomic E-state index is 14.6. The van der Waals surface area contributed by atoms with Crippen molar-refractivity contribution in [2.24, 2.45) is 0 Å². The predicted octanol–water partition coefficient (Wildman–Crippen LogP) is 2.44. The molecule has 0 unspecified atom stereocenters. The minimum absolute atomic E-state index is 0.0469. The molecule has 0 bridgehead atoms. The lowest BCUT2D eigenvalue weighted by Gasteiger charge is -2.43. The van der Waals surface area contributed by atoms with Crippen LogP contribution in [0, 0.1) is 5.82 Å². The van der Waals surface area contributed by atoms with Gasteiger partial charge >= 0.3 is 0 Å². The van der Waals surface area contributed by atoms with Crippen LogP contribution < -0.4 is 15.0 Å². The Hall–Kier alpha value is -1.73. The molecule has 2 saturated heterocycles. The van der Waals surface area contributed by atoms with Crippen LogP contribution in [0.15, 0.2) is 18.2 Å². The zero-order valence-corrected chi connectivity index (χ0v) is 15.1. The Labute approximate surface area is 152 Å². The van der Waals surface area contributed by atoms with Gasteiger partial charge in [-0.3, -0.25) is 4.79 Å². The van der Waals surface area contributed by atoms with Crippen molar-refractivity contribution in [1.29, 1.82) is 0 Å². The van der Waals surface area contributed by atoms with Gasteiger partial charge in [0.1, 0.15) is 11.6 Å². The molecule has 1 aromatic rings. The number of carbonyl (C=O) groups excluding carboxylic acids is 1. The number of rotatable bonds is 3. The molecule has 0 atom stereocenters. The number of piperidine rings is 1. The summed E-state index contributed by atoms with van der Waals surface area (Å²) in [6.07, 6.45) is 4.31. The van der Waals surface area contributed by atoms with Crippen LogP contribution in [0.4, 0.5) is 10.1 Å². The van der Waals surface area contributed by atoms with E-state index in [9.17, 15) is 9.18 Å². The van der Waals surface area contributed by atoms with E-state index in [1.54, 1.807) is 17.0 Å². The lowest BCUT2D eigenvalue weighted by Crippen LogP contribution is -2.55. The van der Waals surface area contributed by atoms with Crippen LogP contribution in [0.5, 0.6) is 5.75 Å². The Morgan fingerprint density at radius 1 is 1.32 bits per heavy atom. The van der Waals surface area contributed by atoms with Gasteiger partial charge < -0.3 is 19.9 Å². The molecule has 1 aromatic carbocycles. The summed E-state index contributed by atoms with van der Waals surface area (Å²) in [5, 5.41) is 3.08. The number of benzene rings is 1. The number of halogens is 1. The molecule has 0 aromatic heterocycles. The van der Waals surface area contributed by atoms with E-state index in [1.807, 2.05) is 0 Å². The summed E-state index contributed by atoms with van der Waals surface area (Å²) in [5.41, 5.74) is -0.0175. The summed E-state index contributed by atoms with van der Waals surface area (Å²) < 4.78 is 20.5. The van der Waals surface area contributed by atoms with E-state index in [-0.39, 0.29) is 17.8 Å². The van der Waals surface area contributed by atoms with Gasteiger partial charge in [0.05, 0.1) is 0 Å². The zero-order valence-electron chi connectivity index (χ0n) is 14.3. The van der Waals surface area contributed by atoms with E-state index >= 15 is 0 Å². The Bertz CT molecular complexity index is 714. The number of amides is 1. The molecule has 1 saturated carbocycles. The average molecular weight is 363 g/mol. The summed E-state index contributed by atoms with van der Waals surface area (Å²) in [5.74, 6) is -0.214. The number of ether oxygens (including phenoxy) is 1. The summed E-state index contributed by atoms with van der Waals surface area (Å²) in [6.45, 7) is 1.92. The van der Waals surface area contributed by atoms with Gasteiger partial charge in [-0.15, -0.1) is 0 Å². The first kappa shape index (κ1) is 16.7. The fourth-order valence-electron chi connectivity index (χ4n) is 3.90. The van der Waals surface area contributed by atoms with E-state index in [0.717, 1.165) is 45.2 Å². The Morgan fingerprint density at radius 3 is 2.64 bits per heavy atom. The minimum Gasteiger partial charge on any atom is -0.487 e. The highest BCUT2D eigenvalue weighted by Crippen LogP contribution is 2.44. The van der Waals surface area contributed by atoms with E-state index in [0.29, 0.717) is 10.8 Å². The van der Waals surface area contributed by atoms with Gasteiger partial charge in [0.15, 0.2) is 16.7 Å². The van der Waals surface area contributed by atoms with Crippen molar-refractivity contribution in [1.82, 2.24) is 10.2 Å². The standard InChI is InChI=1S/C18H22FN3O2S/c1-21-9-5-13(6-10-21)24-15-4-3-12(11-14(15)19)22-17(25)20-16(23)18(22)7-2-8-18/h3-4,11,13H,2,5-10H2,1H3,(H,20,23,25). The van der Waals surface area contributed by atoms with Crippen molar-refractivity contribution in [2.45, 2.75) is 43.7 Å². The maximum absolute atomic E-state index is 14.6. The lowest BCUT2D eigenvalue weighted by atomic mass is 9.75. The number of nitrogens with zero attached hydrogens (tertiary/aromatic N) is 2. The maximum Gasteiger partial charge on any atom is 0.252 e. The molecule has 1 spiro atoms. The Balaban J connectivity index is 1.54. The fourth-order valence-corrected chi connectivity index (χ4v) is 4.27. The highest BCUT2D eigenvalue weighted by Gasteiger charge is 2.55. The van der Waals surface area contributed by atoms with Gasteiger partial charge in [0.2, 0.25) is 0 Å². The molecule has 1 aliphatic carbocycles. The third-order valence-electron chi connectivity index (χ3n) is 5.59. The predicted molar refractivity (Wildman–Crippen MR) is 97.3 cm³/mol. The number of nitrogens with one attached hydrogen (secondary N) is 1. The number of anilines is 1. The van der Waals surface area contributed by atoms with Gasteiger partial charge in [-0.25, -0.2) is 4.39 Å². The number of likely N-dealkylation sites (tertiary alicyclic amines) is 1. The summed E-state index contributed by atoms with van der Waals surface area (Å²) >= 11 is 5.30. The van der Waals surface area contributed by atoms with Crippen molar-refractivity contribution in [3.63, 3.8) is 0 Å². The van der Waals surface area contributed by atoms with E-state index < -0.39 is 11.4 Å². The van der Waals surface area contributed by atoms with Crippen LogP contribution in [0.3, 0.4) is 0 Å². The molecule has 4 rings (SSSR count). The van der Waals surface area contributed by atoms with Gasteiger partial charge in [-0.2, -0.15) is 0 Å². The topological polar surface area (TPSA) is 44.8 Å². The van der Waals surface area contributed by atoms with Gasteiger partial charge in [0, 0.05) is 24.8 Å². The van der Waals surface area contributed by atoms with Crippen LogP contribution in [0.2, 0.25) is 0 Å². The highest BCUT2D eigenvalue weighted by molar-refractivity contribution is 7.80. The van der Waals surface area contributed by atoms with Crippen LogP contribution in [0.1, 0.15) is 32.1 Å². The molecule has 1 amide bonds. The monoisotopic (exact) mass is 363 g/mol. The Morgan fingerprint density at radius 2 is 2.04 bits per heavy atom. The van der Waals surface area contributed by atoms with Gasteiger partial charge in [-0.1, -0.05) is 0 Å². The molecular weight excluding hydrogens is 341 g/mol. The molecule has 3 aliphatic rings. The van der Waals surface area contributed by atoms with E-state index in [4.69, 9.17) is 17.0 Å². The third-order valence-corrected chi connectivity index (χ3v) is 5.87. The number of hydrogen-bond donors (Lipinski definition) is 1. The molecule has 5 nitrogen and oxygen atoms in total. The van der Waals surface area contributed by atoms with Crippen molar-refractivity contribution < 1.29 is 13.9 Å². The van der Waals surface area contributed by atoms with Crippen molar-refractivity contribution in [3.8, 4) is 5.75 Å². The van der Waals surface area contributed by atoms with Crippen LogP contribution in [0.25, 0.3) is 0 Å². The first-order valence-electron chi connectivity index (χ1n) is 8.80. The number of hydrogen-bond acceptors (Lipinski definition) is 4. The second-order valence-electron chi connectivity index (χ2n) is 7.22. The molecular formula is C18H22FN3O2S. The second kappa shape index (κ2) is 6.21. The molecule has 2 aliphatic heterocycles. The SMILES string of the molecule is CN1CCC(Oc2ccc(N3C(=S)NC(=O)C34CCC4)cc2F)CC1. The molecule has 3 fully saturated rings. The Kier molecular flexibility index (Phi) is 4.16. The molecule has 25 heavy (non-hydrogen) atoms. The van der Waals surface area contributed by atoms with Gasteiger partial charge in [-0.05, 0) is 63.5 Å². The number of carbonyl (C=O) groups is 1. The lowest BCUT2D eigenvalue weighted by molar-refractivity contribution is -0.125. The van der Waals surface area contributed by atoms with E-state index in [1.165, 1.54) is 6.07 Å². The molecule has 0 radical (unpaired) electrons. The molecule has 2 heterocycles. The number of thiocarbonyl (C=S) groups is 1. The molecule has 134 valence electrons. The van der Waals surface area contributed by atoms with Crippen LogP contribution in [-0.2, 0) is 4.79 Å². The van der Waals surface area contributed by atoms with Crippen molar-refractivity contribution >= 4 is 28.9 Å². The molecule has 7 heteroatoms. The van der Waals surface area contributed by atoms with Gasteiger partial charge in [0.25, 0.3) is 5.91 Å². The smallest absolute Gasteiger partial charge is 0.252 e. The normalized spacial score (nSPS) is 23.7. The summed E-state index contributed by atoms with van der Waals surface area (Å²) in [4.78, 5) is 16.3. The van der Waals surface area contributed by atoms with E-state index in [2.05, 4.69) is 17.3 Å². The second-order valence-corrected chi connectivity index (χ2v) is 7.60. The first-order chi connectivity index (χ1) is 12.0.